The lowest BCUT2D eigenvalue weighted by atomic mass is 9.88. The van der Waals surface area contributed by atoms with Crippen LogP contribution in [0.3, 0.4) is 0 Å². The quantitative estimate of drug-likeness (QED) is 0.436. The summed E-state index contributed by atoms with van der Waals surface area (Å²) in [4.78, 5) is 1.39. The molecule has 0 saturated carbocycles. The van der Waals surface area contributed by atoms with Gasteiger partial charge in [-0.3, -0.25) is 0 Å². The molecule has 2 aromatic carbocycles. The predicted octanol–water partition coefficient (Wildman–Crippen LogP) is 6.72. The Balaban J connectivity index is 1.72. The summed E-state index contributed by atoms with van der Waals surface area (Å²) >= 11 is 1.81. The molecule has 1 N–H and O–H groups in total. The molecule has 0 aliphatic heterocycles. The van der Waals surface area contributed by atoms with Crippen LogP contribution in [0.15, 0.2) is 66.0 Å². The van der Waals surface area contributed by atoms with Crippen molar-refractivity contribution >= 4 is 11.3 Å². The van der Waals surface area contributed by atoms with Crippen LogP contribution in [-0.4, -0.2) is 12.6 Å². The van der Waals surface area contributed by atoms with Gasteiger partial charge in [-0.15, -0.1) is 11.3 Å². The molecule has 3 heteroatoms. The largest absolute Gasteiger partial charge is 0.491 e. The minimum Gasteiger partial charge on any atom is -0.491 e. The molecular formula is C25H31NOS. The summed E-state index contributed by atoms with van der Waals surface area (Å²) in [7, 11) is 0. The molecule has 0 radical (unpaired) electrons. The number of rotatable bonds is 9. The van der Waals surface area contributed by atoms with Gasteiger partial charge in [-0.2, -0.15) is 0 Å². The molecule has 0 unspecified atom stereocenters. The van der Waals surface area contributed by atoms with Crippen molar-refractivity contribution in [1.29, 1.82) is 0 Å². The van der Waals surface area contributed by atoms with Gasteiger partial charge in [-0.05, 0) is 75.4 Å². The molecule has 2 atom stereocenters. The topological polar surface area (TPSA) is 21.3 Å². The van der Waals surface area contributed by atoms with E-state index in [1.807, 2.05) is 11.3 Å². The summed E-state index contributed by atoms with van der Waals surface area (Å²) < 4.78 is 5.81. The van der Waals surface area contributed by atoms with Gasteiger partial charge in [-0.25, -0.2) is 0 Å². The summed E-state index contributed by atoms with van der Waals surface area (Å²) in [5.41, 5.74) is 4.01. The lowest BCUT2D eigenvalue weighted by Gasteiger charge is -2.21. The first kappa shape index (κ1) is 20.6. The highest BCUT2D eigenvalue weighted by Crippen LogP contribution is 2.30. The van der Waals surface area contributed by atoms with E-state index in [1.165, 1.54) is 21.6 Å². The zero-order chi connectivity index (χ0) is 19.9. The Morgan fingerprint density at radius 1 is 0.893 bits per heavy atom. The van der Waals surface area contributed by atoms with Crippen molar-refractivity contribution in [2.75, 3.05) is 6.54 Å². The van der Waals surface area contributed by atoms with Crippen LogP contribution in [0.4, 0.5) is 0 Å². The first-order chi connectivity index (χ1) is 13.5. The number of benzene rings is 2. The van der Waals surface area contributed by atoms with Gasteiger partial charge in [0.1, 0.15) is 5.75 Å². The van der Waals surface area contributed by atoms with Crippen LogP contribution in [-0.2, 0) is 0 Å². The molecule has 2 nitrogen and oxygen atoms in total. The Kier molecular flexibility index (Phi) is 7.30. The van der Waals surface area contributed by atoms with E-state index >= 15 is 0 Å². The van der Waals surface area contributed by atoms with Crippen molar-refractivity contribution in [3.63, 3.8) is 0 Å². The zero-order valence-electron chi connectivity index (χ0n) is 17.3. The zero-order valence-corrected chi connectivity index (χ0v) is 18.1. The molecule has 0 aliphatic carbocycles. The monoisotopic (exact) mass is 393 g/mol. The van der Waals surface area contributed by atoms with Crippen LogP contribution in [0, 0.1) is 6.92 Å². The Labute approximate surface area is 173 Å². The molecule has 3 rings (SSSR count). The first-order valence-electron chi connectivity index (χ1n) is 10.1. The lowest BCUT2D eigenvalue weighted by Crippen LogP contribution is -2.21. The van der Waals surface area contributed by atoms with Crippen LogP contribution in [0.5, 0.6) is 5.75 Å². The van der Waals surface area contributed by atoms with Crippen LogP contribution in [0.25, 0.3) is 0 Å². The standard InChI is InChI=1S/C25H31NOS/c1-18(2)27-23-13-11-22(12-14-23)24(21-9-7-19(3)8-10-21)15-16-26-20(4)25-6-5-17-28-25/h5-14,17-18,20,24,26H,15-16H2,1-4H3/t20-,24+/m0/s1. The smallest absolute Gasteiger partial charge is 0.119 e. The second-order valence-electron chi connectivity index (χ2n) is 7.68. The number of aryl methyl sites for hydroxylation is 1. The van der Waals surface area contributed by atoms with Gasteiger partial charge in [0, 0.05) is 16.8 Å². The van der Waals surface area contributed by atoms with Gasteiger partial charge in [-0.1, -0.05) is 48.0 Å². The molecule has 0 bridgehead atoms. The number of ether oxygens (including phenoxy) is 1. The maximum Gasteiger partial charge on any atom is 0.119 e. The SMILES string of the molecule is Cc1ccc([C@@H](CCN[C@@H](C)c2cccs2)c2ccc(OC(C)C)cc2)cc1. The average Bonchev–Trinajstić information content (AvgIpc) is 3.21. The molecule has 0 aliphatic rings. The molecule has 0 saturated heterocycles. The minimum absolute atomic E-state index is 0.196. The van der Waals surface area contributed by atoms with Crippen molar-refractivity contribution in [1.82, 2.24) is 5.32 Å². The normalized spacial score (nSPS) is 13.5. The van der Waals surface area contributed by atoms with Gasteiger partial charge in [0.25, 0.3) is 0 Å². The van der Waals surface area contributed by atoms with E-state index in [2.05, 4.69) is 99.1 Å². The average molecular weight is 394 g/mol. The fraction of sp³-hybridized carbons (Fsp3) is 0.360. The van der Waals surface area contributed by atoms with Crippen molar-refractivity contribution in [2.24, 2.45) is 0 Å². The Morgan fingerprint density at radius 3 is 2.11 bits per heavy atom. The van der Waals surface area contributed by atoms with E-state index in [4.69, 9.17) is 4.74 Å². The summed E-state index contributed by atoms with van der Waals surface area (Å²) in [5, 5.41) is 5.83. The molecule has 0 spiro atoms. The predicted molar refractivity (Wildman–Crippen MR) is 121 cm³/mol. The van der Waals surface area contributed by atoms with Gasteiger partial charge < -0.3 is 10.1 Å². The fourth-order valence-corrected chi connectivity index (χ4v) is 4.22. The van der Waals surface area contributed by atoms with Gasteiger partial charge >= 0.3 is 0 Å². The summed E-state index contributed by atoms with van der Waals surface area (Å²) in [6.07, 6.45) is 1.25. The van der Waals surface area contributed by atoms with Crippen molar-refractivity contribution in [2.45, 2.75) is 52.2 Å². The van der Waals surface area contributed by atoms with Crippen LogP contribution < -0.4 is 10.1 Å². The molecule has 28 heavy (non-hydrogen) atoms. The maximum absolute atomic E-state index is 5.81. The molecular weight excluding hydrogens is 362 g/mol. The third-order valence-corrected chi connectivity index (χ3v) is 6.04. The highest BCUT2D eigenvalue weighted by atomic mass is 32.1. The first-order valence-corrected chi connectivity index (χ1v) is 11.0. The fourth-order valence-electron chi connectivity index (χ4n) is 3.46. The minimum atomic E-state index is 0.196. The maximum atomic E-state index is 5.81. The molecule has 1 aromatic heterocycles. The third kappa shape index (κ3) is 5.70. The second-order valence-corrected chi connectivity index (χ2v) is 8.66. The Hall–Kier alpha value is -2.10. The Bertz CT molecular complexity index is 822. The molecule has 0 amide bonds. The number of hydrogen-bond acceptors (Lipinski definition) is 3. The lowest BCUT2D eigenvalue weighted by molar-refractivity contribution is 0.242. The third-order valence-electron chi connectivity index (χ3n) is 4.99. The summed E-state index contributed by atoms with van der Waals surface area (Å²) in [6, 6.07) is 22.3. The van der Waals surface area contributed by atoms with E-state index < -0.39 is 0 Å². The second kappa shape index (κ2) is 9.90. The van der Waals surface area contributed by atoms with E-state index in [0.29, 0.717) is 12.0 Å². The highest BCUT2D eigenvalue weighted by Gasteiger charge is 2.15. The number of thiophene rings is 1. The summed E-state index contributed by atoms with van der Waals surface area (Å²) in [5.74, 6) is 1.31. The highest BCUT2D eigenvalue weighted by molar-refractivity contribution is 7.10. The van der Waals surface area contributed by atoms with E-state index in [0.717, 1.165) is 18.7 Å². The molecule has 0 fully saturated rings. The summed E-state index contributed by atoms with van der Waals surface area (Å²) in [6.45, 7) is 9.47. The molecule has 1 heterocycles. The molecule has 3 aromatic rings. The van der Waals surface area contributed by atoms with E-state index in [9.17, 15) is 0 Å². The van der Waals surface area contributed by atoms with Crippen LogP contribution >= 0.6 is 11.3 Å². The van der Waals surface area contributed by atoms with Crippen LogP contribution in [0.2, 0.25) is 0 Å². The van der Waals surface area contributed by atoms with E-state index in [1.54, 1.807) is 0 Å². The van der Waals surface area contributed by atoms with Crippen molar-refractivity contribution in [3.8, 4) is 5.75 Å². The van der Waals surface area contributed by atoms with E-state index in [-0.39, 0.29) is 6.10 Å². The van der Waals surface area contributed by atoms with Gasteiger partial charge in [0.15, 0.2) is 0 Å². The number of hydrogen-bond donors (Lipinski definition) is 1. The molecule has 148 valence electrons. The Morgan fingerprint density at radius 2 is 1.54 bits per heavy atom. The van der Waals surface area contributed by atoms with Gasteiger partial charge in [0.2, 0.25) is 0 Å². The van der Waals surface area contributed by atoms with Crippen LogP contribution in [0.1, 0.15) is 60.7 Å². The van der Waals surface area contributed by atoms with Crippen molar-refractivity contribution in [3.05, 3.63) is 87.6 Å². The van der Waals surface area contributed by atoms with Gasteiger partial charge in [0.05, 0.1) is 6.10 Å². The van der Waals surface area contributed by atoms with Crippen molar-refractivity contribution < 1.29 is 4.74 Å². The number of nitrogens with one attached hydrogen (secondary N) is 1.